The largest absolute Gasteiger partial charge is 0.508 e. The maximum atomic E-state index is 13.3. The van der Waals surface area contributed by atoms with Gasteiger partial charge in [0.15, 0.2) is 0 Å². The van der Waals surface area contributed by atoms with Crippen LogP contribution in [0.3, 0.4) is 0 Å². The minimum Gasteiger partial charge on any atom is -0.508 e. The van der Waals surface area contributed by atoms with E-state index in [-0.39, 0.29) is 23.8 Å². The lowest BCUT2D eigenvalue weighted by atomic mass is 9.97. The summed E-state index contributed by atoms with van der Waals surface area (Å²) in [6, 6.07) is 5.06. The summed E-state index contributed by atoms with van der Waals surface area (Å²) in [6.45, 7) is 0. The predicted octanol–water partition coefficient (Wildman–Crippen LogP) is 4.85. The first-order valence-corrected chi connectivity index (χ1v) is 9.87. The van der Waals surface area contributed by atoms with Gasteiger partial charge in [-0.05, 0) is 49.4 Å². The Morgan fingerprint density at radius 2 is 1.81 bits per heavy atom. The zero-order valence-electron chi connectivity index (χ0n) is 16.8. The number of aromatic nitrogens is 1. The molecule has 32 heavy (non-hydrogen) atoms. The van der Waals surface area contributed by atoms with Crippen molar-refractivity contribution in [2.75, 3.05) is 16.8 Å². The van der Waals surface area contributed by atoms with Gasteiger partial charge in [-0.1, -0.05) is 6.07 Å². The number of nitrogens with zero attached hydrogens (tertiary/aromatic N) is 3. The number of phenols is 1. The average Bonchev–Trinajstić information content (AvgIpc) is 3.32. The van der Waals surface area contributed by atoms with E-state index in [1.54, 1.807) is 6.07 Å². The van der Waals surface area contributed by atoms with Gasteiger partial charge in [0.2, 0.25) is 5.91 Å². The number of hydrogen-bond acceptors (Lipinski definition) is 4. The Morgan fingerprint density at radius 1 is 1.09 bits per heavy atom. The minimum atomic E-state index is -5.08. The molecule has 11 heteroatoms. The van der Waals surface area contributed by atoms with Gasteiger partial charge in [0, 0.05) is 24.8 Å². The Hall–Kier alpha value is -2.98. The minimum absolute atomic E-state index is 0.0203. The normalized spacial score (nSPS) is 23.0. The standard InChI is InChI=1S/C21H19F6N3O2/c1-29(13-3-2-4-15(31)10-13)19(32)18-11-5-6-14(7-11)30(18)17-9-12(20(22,23)24)8-16(28-17)21(25,26)27/h2-4,8-11,14,18,31H,5-7H2,1H3/t11-,14+,18-/m0/s1. The van der Waals surface area contributed by atoms with Gasteiger partial charge in [0.05, 0.1) is 5.56 Å². The lowest BCUT2D eigenvalue weighted by molar-refractivity contribution is -0.145. The van der Waals surface area contributed by atoms with E-state index in [1.165, 1.54) is 35.0 Å². The fourth-order valence-corrected chi connectivity index (χ4v) is 4.62. The Labute approximate surface area is 179 Å². The van der Waals surface area contributed by atoms with Gasteiger partial charge in [0.25, 0.3) is 0 Å². The summed E-state index contributed by atoms with van der Waals surface area (Å²) in [4.78, 5) is 19.4. The summed E-state index contributed by atoms with van der Waals surface area (Å²) in [5.41, 5.74) is -2.77. The molecular weight excluding hydrogens is 440 g/mol. The molecule has 1 saturated heterocycles. The monoisotopic (exact) mass is 459 g/mol. The van der Waals surface area contributed by atoms with Crippen molar-refractivity contribution in [2.45, 2.75) is 43.7 Å². The number of alkyl halides is 6. The lowest BCUT2D eigenvalue weighted by Crippen LogP contribution is -2.51. The fourth-order valence-electron chi connectivity index (χ4n) is 4.62. The van der Waals surface area contributed by atoms with Crippen LogP contribution in [0.15, 0.2) is 36.4 Å². The summed E-state index contributed by atoms with van der Waals surface area (Å²) in [5, 5.41) is 9.69. The van der Waals surface area contributed by atoms with Gasteiger partial charge >= 0.3 is 12.4 Å². The molecular formula is C21H19F6N3O2. The second-order valence-corrected chi connectivity index (χ2v) is 8.09. The number of carbonyl (C=O) groups is 1. The Morgan fingerprint density at radius 3 is 2.44 bits per heavy atom. The molecule has 1 aliphatic heterocycles. The van der Waals surface area contributed by atoms with Gasteiger partial charge in [0.1, 0.15) is 23.3 Å². The molecule has 2 fully saturated rings. The molecule has 1 saturated carbocycles. The van der Waals surface area contributed by atoms with Crippen molar-refractivity contribution in [3.05, 3.63) is 47.7 Å². The van der Waals surface area contributed by atoms with E-state index in [4.69, 9.17) is 0 Å². The highest BCUT2D eigenvalue weighted by Gasteiger charge is 2.51. The van der Waals surface area contributed by atoms with Gasteiger partial charge in [-0.25, -0.2) is 4.98 Å². The quantitative estimate of drug-likeness (QED) is 0.668. The first kappa shape index (κ1) is 22.2. The van der Waals surface area contributed by atoms with E-state index >= 15 is 0 Å². The number of aromatic hydroxyl groups is 1. The summed E-state index contributed by atoms with van der Waals surface area (Å²) in [6.07, 6.45) is -8.43. The van der Waals surface area contributed by atoms with Crippen molar-refractivity contribution in [3.63, 3.8) is 0 Å². The van der Waals surface area contributed by atoms with Gasteiger partial charge < -0.3 is 14.9 Å². The van der Waals surface area contributed by atoms with Crippen LogP contribution in [0, 0.1) is 5.92 Å². The number of amides is 1. The molecule has 3 atom stereocenters. The van der Waals surface area contributed by atoms with Crippen LogP contribution < -0.4 is 9.80 Å². The maximum absolute atomic E-state index is 13.3. The SMILES string of the molecule is CN(C(=O)[C@@H]1[C@H]2CC[C@H](C2)N1c1cc(C(F)(F)F)cc(C(F)(F)F)n1)c1cccc(O)c1. The molecule has 2 bridgehead atoms. The number of pyridine rings is 1. The number of hydrogen-bond donors (Lipinski definition) is 1. The molecule has 0 unspecified atom stereocenters. The number of phenolic OH excluding ortho intramolecular Hbond substituents is 1. The molecule has 1 N–H and O–H groups in total. The maximum Gasteiger partial charge on any atom is 0.433 e. The number of halogens is 6. The molecule has 1 amide bonds. The highest BCUT2D eigenvalue weighted by molar-refractivity contribution is 5.99. The van der Waals surface area contributed by atoms with E-state index in [1.807, 2.05) is 0 Å². The Balaban J connectivity index is 1.76. The first-order valence-electron chi connectivity index (χ1n) is 9.87. The van der Waals surface area contributed by atoms with Crippen molar-refractivity contribution in [3.8, 4) is 5.75 Å². The van der Waals surface area contributed by atoms with Crippen LogP contribution in [-0.4, -0.2) is 35.1 Å². The van der Waals surface area contributed by atoms with Crippen LogP contribution in [0.2, 0.25) is 0 Å². The fraction of sp³-hybridized carbons (Fsp3) is 0.429. The highest BCUT2D eigenvalue weighted by atomic mass is 19.4. The van der Waals surface area contributed by atoms with Crippen LogP contribution in [0.5, 0.6) is 5.75 Å². The van der Waals surface area contributed by atoms with Crippen LogP contribution in [0.1, 0.15) is 30.5 Å². The van der Waals surface area contributed by atoms with Gasteiger partial charge in [-0.15, -0.1) is 0 Å². The van der Waals surface area contributed by atoms with Crippen molar-refractivity contribution >= 4 is 17.4 Å². The van der Waals surface area contributed by atoms with Crippen molar-refractivity contribution < 1.29 is 36.2 Å². The molecule has 1 aliphatic carbocycles. The van der Waals surface area contributed by atoms with Crippen LogP contribution >= 0.6 is 0 Å². The number of carbonyl (C=O) groups excluding carboxylic acids is 1. The highest BCUT2D eigenvalue weighted by Crippen LogP contribution is 2.47. The number of anilines is 2. The molecule has 2 aliphatic rings. The van der Waals surface area contributed by atoms with Crippen LogP contribution in [-0.2, 0) is 17.1 Å². The second kappa shape index (κ2) is 7.56. The zero-order chi connectivity index (χ0) is 23.4. The molecule has 4 rings (SSSR count). The predicted molar refractivity (Wildman–Crippen MR) is 103 cm³/mol. The van der Waals surface area contributed by atoms with E-state index < -0.39 is 41.4 Å². The molecule has 1 aromatic carbocycles. The first-order chi connectivity index (χ1) is 14.9. The molecule has 1 aromatic heterocycles. The van der Waals surface area contributed by atoms with Crippen LogP contribution in [0.25, 0.3) is 0 Å². The molecule has 5 nitrogen and oxygen atoms in total. The van der Waals surface area contributed by atoms with E-state index in [0.717, 1.165) is 0 Å². The number of benzene rings is 1. The summed E-state index contributed by atoms with van der Waals surface area (Å²) >= 11 is 0. The van der Waals surface area contributed by atoms with E-state index in [9.17, 15) is 36.2 Å². The van der Waals surface area contributed by atoms with Crippen molar-refractivity contribution in [1.82, 2.24) is 4.98 Å². The van der Waals surface area contributed by atoms with Crippen molar-refractivity contribution in [1.29, 1.82) is 0 Å². The van der Waals surface area contributed by atoms with Crippen molar-refractivity contribution in [2.24, 2.45) is 5.92 Å². The summed E-state index contributed by atoms with van der Waals surface area (Å²) in [5.74, 6) is -1.31. The number of piperidine rings is 1. The summed E-state index contributed by atoms with van der Waals surface area (Å²) < 4.78 is 79.9. The van der Waals surface area contributed by atoms with Crippen LogP contribution in [0.4, 0.5) is 37.8 Å². The number of fused-ring (bicyclic) bond motifs is 2. The lowest BCUT2D eigenvalue weighted by Gasteiger charge is -2.37. The third kappa shape index (κ3) is 3.95. The smallest absolute Gasteiger partial charge is 0.433 e. The second-order valence-electron chi connectivity index (χ2n) is 8.09. The van der Waals surface area contributed by atoms with E-state index in [2.05, 4.69) is 4.98 Å². The third-order valence-electron chi connectivity index (χ3n) is 6.08. The molecule has 172 valence electrons. The third-order valence-corrected chi connectivity index (χ3v) is 6.08. The Kier molecular flexibility index (Phi) is 5.25. The topological polar surface area (TPSA) is 56.7 Å². The molecule has 2 aromatic rings. The number of likely N-dealkylation sites (N-methyl/N-ethyl adjacent to an activating group) is 1. The molecule has 0 spiro atoms. The molecule has 2 heterocycles. The Bertz CT molecular complexity index is 1010. The van der Waals surface area contributed by atoms with Gasteiger partial charge in [-0.3, -0.25) is 4.79 Å². The zero-order valence-corrected chi connectivity index (χ0v) is 16.8. The average molecular weight is 459 g/mol. The number of rotatable bonds is 3. The van der Waals surface area contributed by atoms with Gasteiger partial charge in [-0.2, -0.15) is 26.3 Å². The van der Waals surface area contributed by atoms with E-state index in [0.29, 0.717) is 31.0 Å². The summed E-state index contributed by atoms with van der Waals surface area (Å²) in [7, 11) is 1.45. The molecule has 0 radical (unpaired) electrons.